The predicted octanol–water partition coefficient (Wildman–Crippen LogP) is 4.32. The third kappa shape index (κ3) is 8.84. The summed E-state index contributed by atoms with van der Waals surface area (Å²) in [6, 6.07) is 13.4. The number of hydrogen-bond acceptors (Lipinski definition) is 5. The number of carbonyl (C=O) groups excluding carboxylic acids is 3. The highest BCUT2D eigenvalue weighted by Crippen LogP contribution is 2.21. The average molecular weight is 562 g/mol. The Bertz CT molecular complexity index is 1180. The standard InChI is InChI=1S/C28H36ClN3O5S/c1-28(2,3)37-27(35)31-21(16-19-9-7-10-20(29)15-19)17-25(33)32-14-8-11-22(32)18-30-26(34)23-12-5-6-13-24(23)38(4)36/h5-7,9-10,12-13,15,21-22H,8,11,14,16-18H2,1-4H3,(H,30,34)(H,31,35)/t21?,22-,38?/m0/s1. The third-order valence-electron chi connectivity index (χ3n) is 6.15. The first kappa shape index (κ1) is 29.6. The lowest BCUT2D eigenvalue weighted by Gasteiger charge is -2.28. The van der Waals surface area contributed by atoms with Gasteiger partial charge in [-0.05, 0) is 69.9 Å². The maximum Gasteiger partial charge on any atom is 0.407 e. The van der Waals surface area contributed by atoms with Crippen LogP contribution in [-0.4, -0.2) is 64.0 Å². The summed E-state index contributed by atoms with van der Waals surface area (Å²) in [5.74, 6) is -0.430. The molecule has 1 heterocycles. The Hall–Kier alpha value is -2.91. The van der Waals surface area contributed by atoms with Crippen molar-refractivity contribution in [3.63, 3.8) is 0 Å². The van der Waals surface area contributed by atoms with E-state index in [1.54, 1.807) is 56.0 Å². The number of rotatable bonds is 9. The summed E-state index contributed by atoms with van der Waals surface area (Å²) in [5.41, 5.74) is 0.589. The van der Waals surface area contributed by atoms with Gasteiger partial charge < -0.3 is 20.3 Å². The van der Waals surface area contributed by atoms with Gasteiger partial charge in [-0.2, -0.15) is 0 Å². The van der Waals surface area contributed by atoms with Crippen LogP contribution in [0.3, 0.4) is 0 Å². The van der Waals surface area contributed by atoms with E-state index in [1.165, 1.54) is 6.26 Å². The van der Waals surface area contributed by atoms with Crippen LogP contribution in [0.1, 0.15) is 56.0 Å². The molecule has 1 fully saturated rings. The number of amides is 3. The Labute approximate surface area is 231 Å². The fourth-order valence-corrected chi connectivity index (χ4v) is 5.47. The number of likely N-dealkylation sites (tertiary alicyclic amines) is 1. The highest BCUT2D eigenvalue weighted by Gasteiger charge is 2.31. The maximum absolute atomic E-state index is 13.4. The van der Waals surface area contributed by atoms with Crippen LogP contribution < -0.4 is 10.6 Å². The first-order valence-electron chi connectivity index (χ1n) is 12.7. The van der Waals surface area contributed by atoms with Gasteiger partial charge in [-0.25, -0.2) is 4.79 Å². The molecule has 2 unspecified atom stereocenters. The van der Waals surface area contributed by atoms with E-state index >= 15 is 0 Å². The molecule has 38 heavy (non-hydrogen) atoms. The van der Waals surface area contributed by atoms with E-state index in [-0.39, 0.29) is 30.8 Å². The van der Waals surface area contributed by atoms with E-state index < -0.39 is 28.5 Å². The van der Waals surface area contributed by atoms with Crippen molar-refractivity contribution < 1.29 is 23.3 Å². The van der Waals surface area contributed by atoms with E-state index in [0.717, 1.165) is 18.4 Å². The summed E-state index contributed by atoms with van der Waals surface area (Å²) in [7, 11) is -1.30. The van der Waals surface area contributed by atoms with Crippen LogP contribution in [0.5, 0.6) is 0 Å². The maximum atomic E-state index is 13.4. The van der Waals surface area contributed by atoms with Crippen molar-refractivity contribution in [1.29, 1.82) is 0 Å². The molecular formula is C28H36ClN3O5S. The number of nitrogens with zero attached hydrogens (tertiary/aromatic N) is 1. The fraction of sp³-hybridized carbons (Fsp3) is 0.464. The lowest BCUT2D eigenvalue weighted by Crippen LogP contribution is -2.47. The van der Waals surface area contributed by atoms with Crippen molar-refractivity contribution in [2.75, 3.05) is 19.3 Å². The molecule has 1 saturated heterocycles. The second-order valence-electron chi connectivity index (χ2n) is 10.4. The number of halogens is 1. The topological polar surface area (TPSA) is 105 Å². The lowest BCUT2D eigenvalue weighted by atomic mass is 10.0. The third-order valence-corrected chi connectivity index (χ3v) is 7.36. The second-order valence-corrected chi connectivity index (χ2v) is 12.2. The Morgan fingerprint density at radius 3 is 2.58 bits per heavy atom. The molecule has 206 valence electrons. The zero-order valence-corrected chi connectivity index (χ0v) is 23.9. The van der Waals surface area contributed by atoms with Crippen molar-refractivity contribution in [3.05, 3.63) is 64.7 Å². The predicted molar refractivity (Wildman–Crippen MR) is 149 cm³/mol. The summed E-state index contributed by atoms with van der Waals surface area (Å²) in [6.45, 7) is 6.20. The Kier molecular flexibility index (Phi) is 10.3. The number of alkyl carbamates (subject to hydrolysis) is 1. The van der Waals surface area contributed by atoms with Gasteiger partial charge in [-0.1, -0.05) is 35.9 Å². The van der Waals surface area contributed by atoms with Crippen molar-refractivity contribution in [2.45, 2.75) is 69.0 Å². The minimum absolute atomic E-state index is 0.0772. The molecule has 2 N–H and O–H groups in total. The molecule has 3 atom stereocenters. The molecular weight excluding hydrogens is 526 g/mol. The van der Waals surface area contributed by atoms with Crippen molar-refractivity contribution >= 4 is 40.3 Å². The normalized spacial score (nSPS) is 17.0. The average Bonchev–Trinajstić information content (AvgIpc) is 3.30. The summed E-state index contributed by atoms with van der Waals surface area (Å²) in [4.78, 5) is 41.0. The number of benzene rings is 2. The summed E-state index contributed by atoms with van der Waals surface area (Å²) < 4.78 is 17.4. The fourth-order valence-electron chi connectivity index (χ4n) is 4.51. The minimum Gasteiger partial charge on any atom is -0.444 e. The first-order valence-corrected chi connectivity index (χ1v) is 14.6. The molecule has 2 aromatic rings. The highest BCUT2D eigenvalue weighted by molar-refractivity contribution is 7.84. The molecule has 8 nitrogen and oxygen atoms in total. The van der Waals surface area contributed by atoms with Gasteiger partial charge in [0.2, 0.25) is 5.91 Å². The van der Waals surface area contributed by atoms with Gasteiger partial charge in [-0.15, -0.1) is 0 Å². The summed E-state index contributed by atoms with van der Waals surface area (Å²) in [6.07, 6.45) is 3.01. The molecule has 2 aromatic carbocycles. The minimum atomic E-state index is -1.30. The molecule has 3 amide bonds. The van der Waals surface area contributed by atoms with Gasteiger partial charge in [0.1, 0.15) is 5.60 Å². The molecule has 0 spiro atoms. The van der Waals surface area contributed by atoms with Crippen LogP contribution in [0.2, 0.25) is 5.02 Å². The highest BCUT2D eigenvalue weighted by atomic mass is 35.5. The van der Waals surface area contributed by atoms with Crippen molar-refractivity contribution in [1.82, 2.24) is 15.5 Å². The van der Waals surface area contributed by atoms with Crippen LogP contribution in [0.25, 0.3) is 0 Å². The van der Waals surface area contributed by atoms with Gasteiger partial charge in [0.15, 0.2) is 0 Å². The van der Waals surface area contributed by atoms with Crippen molar-refractivity contribution in [3.8, 4) is 0 Å². The molecule has 1 aliphatic heterocycles. The van der Waals surface area contributed by atoms with E-state index in [2.05, 4.69) is 10.6 Å². The molecule has 0 aliphatic carbocycles. The number of carbonyl (C=O) groups is 3. The number of ether oxygens (including phenoxy) is 1. The molecule has 0 radical (unpaired) electrons. The Morgan fingerprint density at radius 2 is 1.89 bits per heavy atom. The quantitative estimate of drug-likeness (QED) is 0.474. The van der Waals surface area contributed by atoms with Crippen molar-refractivity contribution in [2.24, 2.45) is 0 Å². The van der Waals surface area contributed by atoms with Crippen LogP contribution in [0.15, 0.2) is 53.4 Å². The molecule has 1 aliphatic rings. The Morgan fingerprint density at radius 1 is 1.16 bits per heavy atom. The first-order chi connectivity index (χ1) is 17.9. The van der Waals surface area contributed by atoms with E-state index in [0.29, 0.717) is 28.4 Å². The zero-order chi connectivity index (χ0) is 27.9. The van der Waals surface area contributed by atoms with E-state index in [4.69, 9.17) is 16.3 Å². The Balaban J connectivity index is 1.66. The van der Waals surface area contributed by atoms with Crippen LogP contribution in [0, 0.1) is 0 Å². The molecule has 3 rings (SSSR count). The second kappa shape index (κ2) is 13.2. The largest absolute Gasteiger partial charge is 0.444 e. The van der Waals surface area contributed by atoms with E-state index in [1.807, 2.05) is 18.2 Å². The van der Waals surface area contributed by atoms with Crippen LogP contribution in [-0.2, 0) is 26.8 Å². The van der Waals surface area contributed by atoms with E-state index in [9.17, 15) is 18.6 Å². The van der Waals surface area contributed by atoms with Crippen LogP contribution in [0.4, 0.5) is 4.79 Å². The molecule has 10 heteroatoms. The zero-order valence-electron chi connectivity index (χ0n) is 22.3. The van der Waals surface area contributed by atoms with Gasteiger partial charge in [-0.3, -0.25) is 13.8 Å². The smallest absolute Gasteiger partial charge is 0.407 e. The van der Waals surface area contributed by atoms with Gasteiger partial charge in [0.25, 0.3) is 5.91 Å². The lowest BCUT2D eigenvalue weighted by molar-refractivity contribution is -0.132. The van der Waals surface area contributed by atoms with Gasteiger partial charge in [0, 0.05) is 42.9 Å². The summed E-state index contributed by atoms with van der Waals surface area (Å²) >= 11 is 6.14. The van der Waals surface area contributed by atoms with Gasteiger partial charge in [0.05, 0.1) is 21.3 Å². The number of hydrogen-bond donors (Lipinski definition) is 2. The SMILES string of the molecule is CS(=O)c1ccccc1C(=O)NC[C@@H]1CCCN1C(=O)CC(Cc1cccc(Cl)c1)NC(=O)OC(C)(C)C. The monoisotopic (exact) mass is 561 g/mol. The van der Waals surface area contributed by atoms with Crippen LogP contribution >= 0.6 is 11.6 Å². The number of nitrogens with one attached hydrogen (secondary N) is 2. The molecule has 0 saturated carbocycles. The molecule has 0 bridgehead atoms. The summed E-state index contributed by atoms with van der Waals surface area (Å²) in [5, 5.41) is 6.33. The molecule has 0 aromatic heterocycles. The van der Waals surface area contributed by atoms with Gasteiger partial charge >= 0.3 is 6.09 Å².